The van der Waals surface area contributed by atoms with Gasteiger partial charge < -0.3 is 14.5 Å². The summed E-state index contributed by atoms with van der Waals surface area (Å²) >= 11 is 0. The fraction of sp³-hybridized carbons (Fsp3) is 0.600. The van der Waals surface area contributed by atoms with Crippen LogP contribution in [0.4, 0.5) is 0 Å². The third-order valence-electron chi connectivity index (χ3n) is 6.38. The number of nitrogens with one attached hydrogen (secondary N) is 1. The van der Waals surface area contributed by atoms with Gasteiger partial charge >= 0.3 is 0 Å². The number of aromatic nitrogens is 5. The van der Waals surface area contributed by atoms with Gasteiger partial charge in [0, 0.05) is 31.3 Å². The average molecular weight is 469 g/mol. The molecule has 0 aliphatic carbocycles. The molecule has 1 N–H and O–H groups in total. The minimum absolute atomic E-state index is 0.0793. The number of benzene rings is 1. The van der Waals surface area contributed by atoms with E-state index in [4.69, 9.17) is 9.47 Å². The smallest absolute Gasteiger partial charge is 0.252 e. The largest absolute Gasteiger partial charge is 0.497 e. The van der Waals surface area contributed by atoms with Crippen molar-refractivity contribution in [2.24, 2.45) is 5.92 Å². The van der Waals surface area contributed by atoms with Crippen LogP contribution in [0.15, 0.2) is 29.1 Å². The van der Waals surface area contributed by atoms with Gasteiger partial charge in [-0.1, -0.05) is 13.8 Å². The van der Waals surface area contributed by atoms with Crippen molar-refractivity contribution >= 4 is 10.9 Å². The van der Waals surface area contributed by atoms with E-state index in [1.807, 2.05) is 28.9 Å². The van der Waals surface area contributed by atoms with Crippen molar-refractivity contribution in [2.75, 3.05) is 20.3 Å². The molecule has 0 radical (unpaired) electrons. The van der Waals surface area contributed by atoms with E-state index < -0.39 is 0 Å². The highest BCUT2D eigenvalue weighted by atomic mass is 16.5. The number of fused-ring (bicyclic) bond motifs is 1. The maximum absolute atomic E-state index is 13.1. The van der Waals surface area contributed by atoms with Crippen LogP contribution in [-0.2, 0) is 16.8 Å². The summed E-state index contributed by atoms with van der Waals surface area (Å²) in [7, 11) is 1.62. The topological polar surface area (TPSA) is 98.2 Å². The van der Waals surface area contributed by atoms with Gasteiger partial charge in [0.2, 0.25) is 0 Å². The summed E-state index contributed by atoms with van der Waals surface area (Å²) in [5, 5.41) is 13.7. The molecular weight excluding hydrogens is 432 g/mol. The third-order valence-corrected chi connectivity index (χ3v) is 6.38. The fourth-order valence-electron chi connectivity index (χ4n) is 4.75. The minimum Gasteiger partial charge on any atom is -0.497 e. The number of ether oxygens (including phenoxy) is 2. The number of hydrogen-bond donors (Lipinski definition) is 1. The van der Waals surface area contributed by atoms with Gasteiger partial charge in [0.25, 0.3) is 5.56 Å². The summed E-state index contributed by atoms with van der Waals surface area (Å²) in [6, 6.07) is 7.62. The summed E-state index contributed by atoms with van der Waals surface area (Å²) in [6.45, 7) is 12.6. The number of tetrazole rings is 1. The molecule has 9 heteroatoms. The van der Waals surface area contributed by atoms with E-state index in [-0.39, 0.29) is 29.2 Å². The quantitative estimate of drug-likeness (QED) is 0.539. The average Bonchev–Trinajstić information content (AvgIpc) is 3.46. The molecule has 3 aromatic rings. The Balaban J connectivity index is 1.74. The first-order valence-corrected chi connectivity index (χ1v) is 12.0. The Labute approximate surface area is 200 Å². The first-order chi connectivity index (χ1) is 16.2. The fourth-order valence-corrected chi connectivity index (χ4v) is 4.75. The van der Waals surface area contributed by atoms with Crippen molar-refractivity contribution in [1.29, 1.82) is 0 Å². The molecule has 34 heavy (non-hydrogen) atoms. The lowest BCUT2D eigenvalue weighted by atomic mass is 9.98. The van der Waals surface area contributed by atoms with Crippen LogP contribution in [-0.4, -0.2) is 56.5 Å². The molecule has 2 atom stereocenters. The molecular formula is C25H36N6O3. The minimum atomic E-state index is -0.263. The van der Waals surface area contributed by atoms with Crippen molar-refractivity contribution in [3.63, 3.8) is 0 Å². The van der Waals surface area contributed by atoms with E-state index in [1.165, 1.54) is 0 Å². The number of rotatable bonds is 8. The zero-order valence-corrected chi connectivity index (χ0v) is 21.0. The van der Waals surface area contributed by atoms with Crippen LogP contribution in [0.3, 0.4) is 0 Å². The number of aromatic amines is 1. The van der Waals surface area contributed by atoms with Crippen LogP contribution in [0.1, 0.15) is 64.9 Å². The van der Waals surface area contributed by atoms with E-state index in [0.29, 0.717) is 24.4 Å². The van der Waals surface area contributed by atoms with Crippen molar-refractivity contribution < 1.29 is 9.47 Å². The van der Waals surface area contributed by atoms with Gasteiger partial charge in [0.15, 0.2) is 5.82 Å². The lowest BCUT2D eigenvalue weighted by Gasteiger charge is -2.36. The van der Waals surface area contributed by atoms with Gasteiger partial charge in [0.05, 0.1) is 30.3 Å². The third kappa shape index (κ3) is 5.15. The SMILES string of the molecule is COc1ccc2cc(CN(C[C@@H]3CCCO3)[C@H](c3nnnn3C(C)(C)C)C(C)C)c(=O)[nH]c2c1. The summed E-state index contributed by atoms with van der Waals surface area (Å²) in [4.78, 5) is 18.5. The highest BCUT2D eigenvalue weighted by Gasteiger charge is 2.34. The normalized spacial score (nSPS) is 17.7. The lowest BCUT2D eigenvalue weighted by Crippen LogP contribution is -2.41. The molecule has 184 valence electrons. The number of pyridine rings is 1. The van der Waals surface area contributed by atoms with Crippen molar-refractivity contribution in [2.45, 2.75) is 71.7 Å². The maximum Gasteiger partial charge on any atom is 0.252 e. The molecule has 2 aromatic heterocycles. The zero-order valence-electron chi connectivity index (χ0n) is 21.0. The molecule has 0 amide bonds. The molecule has 1 saturated heterocycles. The van der Waals surface area contributed by atoms with Gasteiger partial charge in [-0.05, 0) is 73.5 Å². The van der Waals surface area contributed by atoms with Crippen LogP contribution >= 0.6 is 0 Å². The molecule has 1 fully saturated rings. The molecule has 1 aliphatic heterocycles. The van der Waals surface area contributed by atoms with Crippen LogP contribution in [0, 0.1) is 5.92 Å². The van der Waals surface area contributed by atoms with E-state index in [2.05, 4.69) is 60.0 Å². The predicted molar refractivity (Wildman–Crippen MR) is 131 cm³/mol. The Kier molecular flexibility index (Phi) is 7.04. The van der Waals surface area contributed by atoms with Gasteiger partial charge in [-0.15, -0.1) is 5.10 Å². The first kappa shape index (κ1) is 24.3. The van der Waals surface area contributed by atoms with E-state index in [9.17, 15) is 4.79 Å². The van der Waals surface area contributed by atoms with Crippen molar-refractivity contribution in [3.05, 3.63) is 46.0 Å². The van der Waals surface area contributed by atoms with Crippen LogP contribution in [0.5, 0.6) is 5.75 Å². The van der Waals surface area contributed by atoms with Gasteiger partial charge in [-0.25, -0.2) is 4.68 Å². The van der Waals surface area contributed by atoms with E-state index >= 15 is 0 Å². The maximum atomic E-state index is 13.1. The first-order valence-electron chi connectivity index (χ1n) is 12.0. The molecule has 0 bridgehead atoms. The highest BCUT2D eigenvalue weighted by molar-refractivity contribution is 5.80. The summed E-state index contributed by atoms with van der Waals surface area (Å²) in [6.07, 6.45) is 2.20. The van der Waals surface area contributed by atoms with Crippen molar-refractivity contribution in [3.8, 4) is 5.75 Å². The second kappa shape index (κ2) is 9.84. The van der Waals surface area contributed by atoms with Gasteiger partial charge in [-0.3, -0.25) is 9.69 Å². The van der Waals surface area contributed by atoms with E-state index in [0.717, 1.165) is 36.2 Å². The summed E-state index contributed by atoms with van der Waals surface area (Å²) in [5.41, 5.74) is 1.10. The summed E-state index contributed by atoms with van der Waals surface area (Å²) in [5.74, 6) is 1.74. The molecule has 0 unspecified atom stereocenters. The molecule has 4 rings (SSSR count). The molecule has 0 saturated carbocycles. The standard InChI is InChI=1S/C25H36N6O3/c1-16(2)22(23-27-28-29-31(23)25(3,4)5)30(15-20-8-7-11-34-20)14-18-12-17-9-10-19(33-6)13-21(17)26-24(18)32/h9-10,12-13,16,20,22H,7-8,11,14-15H2,1-6H3,(H,26,32)/t20-,22-/m0/s1. The van der Waals surface area contributed by atoms with Gasteiger partial charge in [0.1, 0.15) is 5.75 Å². The summed E-state index contributed by atoms with van der Waals surface area (Å²) < 4.78 is 13.2. The number of methoxy groups -OCH3 is 1. The number of H-pyrrole nitrogens is 1. The van der Waals surface area contributed by atoms with E-state index in [1.54, 1.807) is 7.11 Å². The Bertz CT molecular complexity index is 1170. The Hall–Kier alpha value is -2.78. The number of nitrogens with zero attached hydrogens (tertiary/aromatic N) is 5. The molecule has 3 heterocycles. The lowest BCUT2D eigenvalue weighted by molar-refractivity contribution is 0.0371. The van der Waals surface area contributed by atoms with Crippen molar-refractivity contribution in [1.82, 2.24) is 30.1 Å². The Morgan fingerprint density at radius 2 is 2.09 bits per heavy atom. The second-order valence-electron chi connectivity index (χ2n) is 10.4. The molecule has 0 spiro atoms. The predicted octanol–water partition coefficient (Wildman–Crippen LogP) is 3.66. The van der Waals surface area contributed by atoms with Crippen LogP contribution < -0.4 is 10.3 Å². The number of hydrogen-bond acceptors (Lipinski definition) is 7. The van der Waals surface area contributed by atoms with Crippen LogP contribution in [0.2, 0.25) is 0 Å². The Morgan fingerprint density at radius 1 is 1.29 bits per heavy atom. The molecule has 9 nitrogen and oxygen atoms in total. The van der Waals surface area contributed by atoms with Gasteiger partial charge in [-0.2, -0.15) is 0 Å². The molecule has 1 aliphatic rings. The Morgan fingerprint density at radius 3 is 2.74 bits per heavy atom. The zero-order chi connectivity index (χ0) is 24.5. The highest BCUT2D eigenvalue weighted by Crippen LogP contribution is 2.32. The monoisotopic (exact) mass is 468 g/mol. The van der Waals surface area contributed by atoms with Crippen LogP contribution in [0.25, 0.3) is 10.9 Å². The second-order valence-corrected chi connectivity index (χ2v) is 10.4. The molecule has 1 aromatic carbocycles.